The van der Waals surface area contributed by atoms with Crippen molar-refractivity contribution in [2.75, 3.05) is 13.7 Å². The van der Waals surface area contributed by atoms with E-state index in [4.69, 9.17) is 4.74 Å². The molecule has 2 rings (SSSR count). The van der Waals surface area contributed by atoms with E-state index in [-0.39, 0.29) is 11.9 Å². The van der Waals surface area contributed by atoms with E-state index in [0.717, 1.165) is 13.0 Å². The summed E-state index contributed by atoms with van der Waals surface area (Å²) in [6.45, 7) is 1.12. The van der Waals surface area contributed by atoms with Gasteiger partial charge >= 0.3 is 5.97 Å². The van der Waals surface area contributed by atoms with Crippen molar-refractivity contribution >= 4 is 5.97 Å². The lowest BCUT2D eigenvalue weighted by Crippen LogP contribution is -2.25. The Balaban J connectivity index is 1.82. The number of esters is 1. The summed E-state index contributed by atoms with van der Waals surface area (Å²) in [5.41, 5.74) is 0. The summed E-state index contributed by atoms with van der Waals surface area (Å²) in [5, 5.41) is 3.42. The van der Waals surface area contributed by atoms with Crippen LogP contribution in [0.15, 0.2) is 0 Å². The lowest BCUT2D eigenvalue weighted by Gasteiger charge is -2.07. The predicted molar refractivity (Wildman–Crippen MR) is 44.6 cm³/mol. The Bertz CT molecular complexity index is 187. The Kier molecular flexibility index (Phi) is 2.05. The fraction of sp³-hybridized carbons (Fsp3) is 0.889. The highest BCUT2D eigenvalue weighted by molar-refractivity contribution is 5.75. The number of carbonyl (C=O) groups is 1. The van der Waals surface area contributed by atoms with Gasteiger partial charge in [-0.3, -0.25) is 4.79 Å². The Morgan fingerprint density at radius 2 is 2.42 bits per heavy atom. The van der Waals surface area contributed by atoms with E-state index < -0.39 is 0 Å². The van der Waals surface area contributed by atoms with Gasteiger partial charge in [0.1, 0.15) is 0 Å². The van der Waals surface area contributed by atoms with Crippen LogP contribution in [-0.4, -0.2) is 25.7 Å². The maximum Gasteiger partial charge on any atom is 0.309 e. The number of hydrogen-bond acceptors (Lipinski definition) is 3. The van der Waals surface area contributed by atoms with E-state index >= 15 is 0 Å². The van der Waals surface area contributed by atoms with Gasteiger partial charge < -0.3 is 10.1 Å². The summed E-state index contributed by atoms with van der Waals surface area (Å²) in [5.74, 6) is 0.749. The first kappa shape index (κ1) is 8.05. The van der Waals surface area contributed by atoms with Crippen LogP contribution in [0.2, 0.25) is 0 Å². The molecule has 1 saturated heterocycles. The van der Waals surface area contributed by atoms with Crippen LogP contribution >= 0.6 is 0 Å². The molecule has 0 aromatic rings. The van der Waals surface area contributed by atoms with Crippen LogP contribution in [0.5, 0.6) is 0 Å². The van der Waals surface area contributed by atoms with Crippen molar-refractivity contribution in [1.82, 2.24) is 5.32 Å². The third kappa shape index (κ3) is 1.33. The van der Waals surface area contributed by atoms with Crippen LogP contribution in [0.25, 0.3) is 0 Å². The molecular weight excluding hydrogens is 154 g/mol. The fourth-order valence-electron chi connectivity index (χ4n) is 2.16. The van der Waals surface area contributed by atoms with Gasteiger partial charge in [0, 0.05) is 6.04 Å². The van der Waals surface area contributed by atoms with Crippen molar-refractivity contribution in [2.45, 2.75) is 25.3 Å². The van der Waals surface area contributed by atoms with Gasteiger partial charge in [0.05, 0.1) is 13.0 Å². The van der Waals surface area contributed by atoms with Gasteiger partial charge in [0.2, 0.25) is 0 Å². The third-order valence-corrected chi connectivity index (χ3v) is 2.96. The Morgan fingerprint density at radius 1 is 1.58 bits per heavy atom. The summed E-state index contributed by atoms with van der Waals surface area (Å²) >= 11 is 0. The van der Waals surface area contributed by atoms with E-state index in [9.17, 15) is 4.79 Å². The largest absolute Gasteiger partial charge is 0.469 e. The molecule has 68 valence electrons. The normalized spacial score (nSPS) is 39.6. The van der Waals surface area contributed by atoms with Crippen LogP contribution < -0.4 is 5.32 Å². The minimum absolute atomic E-state index is 0.0197. The molecule has 0 spiro atoms. The second kappa shape index (κ2) is 3.05. The predicted octanol–water partition coefficient (Wildman–Crippen LogP) is 0.547. The topological polar surface area (TPSA) is 38.3 Å². The lowest BCUT2D eigenvalue weighted by atomic mass is 10.1. The Labute approximate surface area is 72.5 Å². The van der Waals surface area contributed by atoms with Crippen molar-refractivity contribution in [1.29, 1.82) is 0 Å². The molecule has 0 radical (unpaired) electrons. The fourth-order valence-corrected chi connectivity index (χ4v) is 2.16. The highest BCUT2D eigenvalue weighted by atomic mass is 16.5. The van der Waals surface area contributed by atoms with Gasteiger partial charge in [-0.05, 0) is 31.7 Å². The second-order valence-electron chi connectivity index (χ2n) is 3.73. The first-order valence-corrected chi connectivity index (χ1v) is 4.64. The zero-order valence-corrected chi connectivity index (χ0v) is 7.38. The first-order chi connectivity index (χ1) is 5.83. The van der Waals surface area contributed by atoms with Gasteiger partial charge in [0.15, 0.2) is 0 Å². The summed E-state index contributed by atoms with van der Waals surface area (Å²) < 4.78 is 4.70. The summed E-state index contributed by atoms with van der Waals surface area (Å²) in [6.07, 6.45) is 3.53. The molecule has 3 heteroatoms. The maximum atomic E-state index is 11.1. The van der Waals surface area contributed by atoms with Crippen LogP contribution in [0.1, 0.15) is 19.3 Å². The molecule has 0 bridgehead atoms. The minimum Gasteiger partial charge on any atom is -0.469 e. The van der Waals surface area contributed by atoms with E-state index in [1.54, 1.807) is 0 Å². The minimum atomic E-state index is -0.0197. The lowest BCUT2D eigenvalue weighted by molar-refractivity contribution is -0.142. The number of methoxy groups -OCH3 is 1. The standard InChI is InChI=1S/C9H15NO2/c1-12-9(11)7-5-6(7)8-3-2-4-10-8/h6-8,10H,2-5H2,1H3/t6-,7?,8+/m1/s1. The molecule has 0 amide bonds. The molecule has 2 aliphatic rings. The molecule has 0 aromatic carbocycles. The maximum absolute atomic E-state index is 11.1. The molecule has 2 fully saturated rings. The van der Waals surface area contributed by atoms with Gasteiger partial charge in [-0.15, -0.1) is 0 Å². The first-order valence-electron chi connectivity index (χ1n) is 4.64. The zero-order chi connectivity index (χ0) is 8.55. The van der Waals surface area contributed by atoms with Gasteiger partial charge in [0.25, 0.3) is 0 Å². The second-order valence-corrected chi connectivity index (χ2v) is 3.73. The van der Waals surface area contributed by atoms with Gasteiger partial charge in [-0.1, -0.05) is 0 Å². The van der Waals surface area contributed by atoms with Crippen molar-refractivity contribution in [3.05, 3.63) is 0 Å². The number of hydrogen-bond donors (Lipinski definition) is 1. The number of nitrogens with one attached hydrogen (secondary N) is 1. The van der Waals surface area contributed by atoms with Crippen molar-refractivity contribution in [3.8, 4) is 0 Å². The monoisotopic (exact) mass is 169 g/mol. The van der Waals surface area contributed by atoms with Crippen LogP contribution in [0.4, 0.5) is 0 Å². The summed E-state index contributed by atoms with van der Waals surface area (Å²) in [4.78, 5) is 11.1. The molecule has 1 unspecified atom stereocenters. The summed E-state index contributed by atoms with van der Waals surface area (Å²) in [7, 11) is 1.47. The molecule has 1 aliphatic heterocycles. The molecule has 0 aromatic heterocycles. The third-order valence-electron chi connectivity index (χ3n) is 2.96. The quantitative estimate of drug-likeness (QED) is 0.613. The highest BCUT2D eigenvalue weighted by Crippen LogP contribution is 2.44. The van der Waals surface area contributed by atoms with Gasteiger partial charge in [-0.25, -0.2) is 0 Å². The average Bonchev–Trinajstić information content (AvgIpc) is 2.71. The molecule has 1 saturated carbocycles. The van der Waals surface area contributed by atoms with Crippen LogP contribution in [0, 0.1) is 11.8 Å². The van der Waals surface area contributed by atoms with E-state index in [2.05, 4.69) is 5.32 Å². The molecule has 1 heterocycles. The molecule has 3 atom stereocenters. The number of rotatable bonds is 2. The Morgan fingerprint density at radius 3 is 3.00 bits per heavy atom. The molecular formula is C9H15NO2. The number of ether oxygens (including phenoxy) is 1. The SMILES string of the molecule is COC(=O)C1C[C@H]1[C@@H]1CCCN1. The Hall–Kier alpha value is -0.570. The average molecular weight is 169 g/mol. The van der Waals surface area contributed by atoms with Gasteiger partial charge in [-0.2, -0.15) is 0 Å². The van der Waals surface area contributed by atoms with E-state index in [0.29, 0.717) is 12.0 Å². The van der Waals surface area contributed by atoms with Crippen LogP contribution in [0.3, 0.4) is 0 Å². The van der Waals surface area contributed by atoms with Crippen LogP contribution in [-0.2, 0) is 9.53 Å². The van der Waals surface area contributed by atoms with Crippen molar-refractivity contribution in [3.63, 3.8) is 0 Å². The molecule has 1 aliphatic carbocycles. The number of carbonyl (C=O) groups excluding carboxylic acids is 1. The zero-order valence-electron chi connectivity index (χ0n) is 7.38. The van der Waals surface area contributed by atoms with E-state index in [1.165, 1.54) is 20.0 Å². The van der Waals surface area contributed by atoms with Crippen molar-refractivity contribution in [2.24, 2.45) is 11.8 Å². The van der Waals surface area contributed by atoms with Crippen molar-refractivity contribution < 1.29 is 9.53 Å². The highest BCUT2D eigenvalue weighted by Gasteiger charge is 2.48. The smallest absolute Gasteiger partial charge is 0.309 e. The summed E-state index contributed by atoms with van der Waals surface area (Å²) in [6, 6.07) is 0.592. The molecule has 12 heavy (non-hydrogen) atoms. The molecule has 3 nitrogen and oxygen atoms in total. The van der Waals surface area contributed by atoms with E-state index in [1.807, 2.05) is 0 Å². The molecule has 1 N–H and O–H groups in total.